The third-order valence-electron chi connectivity index (χ3n) is 5.76. The van der Waals surface area contributed by atoms with Crippen molar-refractivity contribution in [2.75, 3.05) is 36.6 Å². The fourth-order valence-electron chi connectivity index (χ4n) is 4.34. The molecule has 1 unspecified atom stereocenters. The SMILES string of the molecule is O=C(OCC(=O)N(C1CCCCC1)C1CCS(=O)(=O)C1)c1ccccc1NCCO. The maximum absolute atomic E-state index is 13.0. The highest BCUT2D eigenvalue weighted by atomic mass is 32.2. The van der Waals surface area contributed by atoms with E-state index < -0.39 is 22.4 Å². The fourth-order valence-corrected chi connectivity index (χ4v) is 6.06. The van der Waals surface area contributed by atoms with E-state index >= 15 is 0 Å². The molecular weight excluding hydrogens is 408 g/mol. The zero-order chi connectivity index (χ0) is 21.6. The summed E-state index contributed by atoms with van der Waals surface area (Å²) in [6.45, 7) is -0.211. The summed E-state index contributed by atoms with van der Waals surface area (Å²) >= 11 is 0. The second-order valence-corrected chi connectivity index (χ2v) is 10.2. The number of sulfone groups is 1. The Balaban J connectivity index is 1.68. The molecule has 2 fully saturated rings. The molecule has 1 saturated carbocycles. The Morgan fingerprint density at radius 3 is 2.50 bits per heavy atom. The molecule has 1 aromatic rings. The second kappa shape index (κ2) is 10.3. The van der Waals surface area contributed by atoms with Crippen molar-refractivity contribution < 1.29 is 27.9 Å². The zero-order valence-corrected chi connectivity index (χ0v) is 17.9. The second-order valence-electron chi connectivity index (χ2n) is 7.92. The van der Waals surface area contributed by atoms with Crippen LogP contribution in [0.1, 0.15) is 48.9 Å². The van der Waals surface area contributed by atoms with Gasteiger partial charge in [0.05, 0.1) is 23.7 Å². The van der Waals surface area contributed by atoms with Crippen LogP contribution in [0.3, 0.4) is 0 Å². The topological polar surface area (TPSA) is 113 Å². The van der Waals surface area contributed by atoms with Crippen LogP contribution in [0.25, 0.3) is 0 Å². The van der Waals surface area contributed by atoms with Crippen molar-refractivity contribution in [2.45, 2.75) is 50.6 Å². The number of hydrogen-bond acceptors (Lipinski definition) is 7. The van der Waals surface area contributed by atoms with Crippen molar-refractivity contribution in [3.63, 3.8) is 0 Å². The molecule has 1 aliphatic heterocycles. The summed E-state index contributed by atoms with van der Waals surface area (Å²) in [5.41, 5.74) is 0.807. The Morgan fingerprint density at radius 2 is 1.83 bits per heavy atom. The summed E-state index contributed by atoms with van der Waals surface area (Å²) in [6.07, 6.45) is 5.28. The molecule has 0 spiro atoms. The lowest BCUT2D eigenvalue weighted by Crippen LogP contribution is -2.50. The van der Waals surface area contributed by atoms with E-state index in [-0.39, 0.29) is 48.2 Å². The van der Waals surface area contributed by atoms with E-state index in [0.717, 1.165) is 32.1 Å². The minimum absolute atomic E-state index is 0.00163. The molecule has 1 saturated heterocycles. The molecule has 8 nitrogen and oxygen atoms in total. The number of para-hydroxylation sites is 1. The van der Waals surface area contributed by atoms with Gasteiger partial charge in [0, 0.05) is 24.3 Å². The van der Waals surface area contributed by atoms with Gasteiger partial charge in [0.1, 0.15) is 0 Å². The van der Waals surface area contributed by atoms with Gasteiger partial charge in [-0.05, 0) is 31.4 Å². The largest absolute Gasteiger partial charge is 0.452 e. The van der Waals surface area contributed by atoms with E-state index in [4.69, 9.17) is 9.84 Å². The molecule has 9 heteroatoms. The van der Waals surface area contributed by atoms with Gasteiger partial charge in [-0.2, -0.15) is 0 Å². The molecule has 2 aliphatic rings. The Labute approximate surface area is 177 Å². The first-order chi connectivity index (χ1) is 14.4. The molecule has 2 N–H and O–H groups in total. The lowest BCUT2D eigenvalue weighted by atomic mass is 9.93. The number of anilines is 1. The number of hydrogen-bond donors (Lipinski definition) is 2. The minimum Gasteiger partial charge on any atom is -0.452 e. The molecule has 0 aromatic heterocycles. The molecule has 0 radical (unpaired) electrons. The third-order valence-corrected chi connectivity index (χ3v) is 7.51. The maximum atomic E-state index is 13.0. The summed E-state index contributed by atoms with van der Waals surface area (Å²) in [5, 5.41) is 11.9. The number of carbonyl (C=O) groups excluding carboxylic acids is 2. The lowest BCUT2D eigenvalue weighted by molar-refractivity contribution is -0.140. The molecule has 166 valence electrons. The summed E-state index contributed by atoms with van der Waals surface area (Å²) in [4.78, 5) is 27.3. The highest BCUT2D eigenvalue weighted by Gasteiger charge is 2.38. The predicted octanol–water partition coefficient (Wildman–Crippen LogP) is 1.60. The molecule has 1 aromatic carbocycles. The van der Waals surface area contributed by atoms with Crippen molar-refractivity contribution in [2.24, 2.45) is 0 Å². The first-order valence-corrected chi connectivity index (χ1v) is 12.4. The third kappa shape index (κ3) is 5.72. The average Bonchev–Trinajstić information content (AvgIpc) is 3.10. The van der Waals surface area contributed by atoms with Gasteiger partial charge in [-0.3, -0.25) is 4.79 Å². The number of esters is 1. The van der Waals surface area contributed by atoms with Gasteiger partial charge in [0.15, 0.2) is 16.4 Å². The van der Waals surface area contributed by atoms with Crippen LogP contribution in [0, 0.1) is 0 Å². The minimum atomic E-state index is -3.13. The van der Waals surface area contributed by atoms with E-state index in [1.165, 1.54) is 0 Å². The molecule has 0 bridgehead atoms. The van der Waals surface area contributed by atoms with E-state index in [1.807, 2.05) is 0 Å². The lowest BCUT2D eigenvalue weighted by Gasteiger charge is -2.38. The van der Waals surface area contributed by atoms with Crippen LogP contribution in [0.15, 0.2) is 24.3 Å². The van der Waals surface area contributed by atoms with E-state index in [2.05, 4.69) is 5.32 Å². The van der Waals surface area contributed by atoms with Crippen LogP contribution in [0.4, 0.5) is 5.69 Å². The summed E-state index contributed by atoms with van der Waals surface area (Å²) < 4.78 is 29.3. The number of amides is 1. The van der Waals surface area contributed by atoms with Crippen molar-refractivity contribution >= 4 is 27.4 Å². The van der Waals surface area contributed by atoms with Gasteiger partial charge >= 0.3 is 5.97 Å². The summed E-state index contributed by atoms with van der Waals surface area (Å²) in [5.74, 6) is -0.889. The van der Waals surface area contributed by atoms with E-state index in [1.54, 1.807) is 29.2 Å². The van der Waals surface area contributed by atoms with Crippen LogP contribution < -0.4 is 5.32 Å². The molecule has 30 heavy (non-hydrogen) atoms. The number of nitrogens with one attached hydrogen (secondary N) is 1. The Kier molecular flexibility index (Phi) is 7.71. The number of benzene rings is 1. The van der Waals surface area contributed by atoms with Crippen molar-refractivity contribution in [1.29, 1.82) is 0 Å². The highest BCUT2D eigenvalue weighted by molar-refractivity contribution is 7.91. The molecule has 1 aliphatic carbocycles. The number of rotatable bonds is 8. The van der Waals surface area contributed by atoms with Crippen LogP contribution in [0.2, 0.25) is 0 Å². The van der Waals surface area contributed by atoms with Gasteiger partial charge in [0.25, 0.3) is 5.91 Å². The Morgan fingerprint density at radius 1 is 1.10 bits per heavy atom. The number of aliphatic hydroxyl groups is 1. The number of nitrogens with zero attached hydrogens (tertiary/aromatic N) is 1. The van der Waals surface area contributed by atoms with Crippen molar-refractivity contribution in [3.05, 3.63) is 29.8 Å². The normalized spacial score (nSPS) is 21.2. The summed E-state index contributed by atoms with van der Waals surface area (Å²) in [7, 11) is -3.13. The maximum Gasteiger partial charge on any atom is 0.340 e. The molecule has 1 heterocycles. The Bertz CT molecular complexity index is 851. The summed E-state index contributed by atoms with van der Waals surface area (Å²) in [6, 6.07) is 6.40. The van der Waals surface area contributed by atoms with Gasteiger partial charge in [-0.15, -0.1) is 0 Å². The van der Waals surface area contributed by atoms with Gasteiger partial charge in [-0.1, -0.05) is 31.4 Å². The Hall–Kier alpha value is -2.13. The zero-order valence-electron chi connectivity index (χ0n) is 17.1. The first kappa shape index (κ1) is 22.6. The van der Waals surface area contributed by atoms with Crippen LogP contribution >= 0.6 is 0 Å². The first-order valence-electron chi connectivity index (χ1n) is 10.5. The van der Waals surface area contributed by atoms with Crippen molar-refractivity contribution in [3.8, 4) is 0 Å². The average molecular weight is 439 g/mol. The molecule has 1 amide bonds. The molecular formula is C21H30N2O6S. The van der Waals surface area contributed by atoms with Crippen LogP contribution in [0.5, 0.6) is 0 Å². The number of aliphatic hydroxyl groups excluding tert-OH is 1. The molecule has 3 rings (SSSR count). The van der Waals surface area contributed by atoms with E-state index in [0.29, 0.717) is 12.1 Å². The van der Waals surface area contributed by atoms with Crippen molar-refractivity contribution in [1.82, 2.24) is 4.90 Å². The molecule has 1 atom stereocenters. The standard InChI is InChI=1S/C21H30N2O6S/c24-12-11-22-19-9-5-4-8-18(19)21(26)29-14-20(25)23(16-6-2-1-3-7-16)17-10-13-30(27,28)15-17/h4-5,8-9,16-17,22,24H,1-3,6-7,10-15H2. The number of carbonyl (C=O) groups is 2. The van der Waals surface area contributed by atoms with Crippen LogP contribution in [-0.4, -0.2) is 73.6 Å². The number of ether oxygens (including phenoxy) is 1. The van der Waals surface area contributed by atoms with Gasteiger partial charge < -0.3 is 20.1 Å². The smallest absolute Gasteiger partial charge is 0.340 e. The van der Waals surface area contributed by atoms with E-state index in [9.17, 15) is 18.0 Å². The predicted molar refractivity (Wildman–Crippen MR) is 113 cm³/mol. The van der Waals surface area contributed by atoms with Crippen LogP contribution in [-0.2, 0) is 19.4 Å². The van der Waals surface area contributed by atoms with Gasteiger partial charge in [0.2, 0.25) is 0 Å². The highest BCUT2D eigenvalue weighted by Crippen LogP contribution is 2.28. The quantitative estimate of drug-likeness (QED) is 0.593. The van der Waals surface area contributed by atoms with Gasteiger partial charge in [-0.25, -0.2) is 13.2 Å². The monoisotopic (exact) mass is 438 g/mol. The fraction of sp³-hybridized carbons (Fsp3) is 0.619.